The molecule has 0 atom stereocenters. The van der Waals surface area contributed by atoms with Gasteiger partial charge in [-0.2, -0.15) is 5.10 Å². The number of nitrogen functional groups attached to an aromatic ring is 1. The second kappa shape index (κ2) is 17.4. The van der Waals surface area contributed by atoms with Gasteiger partial charge < -0.3 is 53.0 Å². The number of benzene rings is 2. The van der Waals surface area contributed by atoms with E-state index in [-0.39, 0.29) is 49.0 Å². The predicted molar refractivity (Wildman–Crippen MR) is 199 cm³/mol. The number of nitrogens with zero attached hydrogens (tertiary/aromatic N) is 5. The minimum Gasteiger partial charge on any atom is -0.494 e. The largest absolute Gasteiger partial charge is 0.494 e. The van der Waals surface area contributed by atoms with Crippen molar-refractivity contribution in [1.82, 2.24) is 24.3 Å². The molecule has 18 heteroatoms. The molecule has 0 unspecified atom stereocenters. The van der Waals surface area contributed by atoms with Gasteiger partial charge in [-0.25, -0.2) is 10.8 Å². The smallest absolute Gasteiger partial charge is 0.276 e. The average molecular weight is 716 g/mol. The number of anilines is 3. The van der Waals surface area contributed by atoms with E-state index in [1.165, 1.54) is 42.6 Å². The molecule has 0 bridgehead atoms. The van der Waals surface area contributed by atoms with Crippen molar-refractivity contribution in [3.8, 4) is 11.5 Å². The minimum absolute atomic E-state index is 0.135. The highest BCUT2D eigenvalue weighted by atomic mass is 16.5. The van der Waals surface area contributed by atoms with Crippen molar-refractivity contribution in [1.29, 1.82) is 0 Å². The third kappa shape index (κ3) is 9.37. The number of aryl methyl sites for hydroxylation is 2. The van der Waals surface area contributed by atoms with E-state index in [2.05, 4.69) is 20.7 Å². The molecule has 0 aliphatic carbocycles. The van der Waals surface area contributed by atoms with Crippen LogP contribution in [0.4, 0.5) is 17.3 Å². The number of carbonyl (C=O) groups is 3. The van der Waals surface area contributed by atoms with Gasteiger partial charge in [-0.05, 0) is 50.3 Å². The molecule has 2 aromatic carbocycles. The number of hydrogen-bond acceptors (Lipinski definition) is 13. The van der Waals surface area contributed by atoms with Crippen molar-refractivity contribution in [2.24, 2.45) is 28.8 Å². The van der Waals surface area contributed by atoms with Gasteiger partial charge in [0.05, 0.1) is 30.6 Å². The van der Waals surface area contributed by atoms with Crippen LogP contribution in [0, 0.1) is 6.92 Å². The van der Waals surface area contributed by atoms with Crippen molar-refractivity contribution < 1.29 is 23.9 Å². The third-order valence-corrected chi connectivity index (χ3v) is 7.62. The van der Waals surface area contributed by atoms with Crippen LogP contribution in [0.25, 0.3) is 11.0 Å². The first-order valence-corrected chi connectivity index (χ1v) is 16.2. The number of amides is 3. The number of methoxy groups -OCH3 is 1. The number of imidazole rings is 1. The Morgan fingerprint density at radius 2 is 1.69 bits per heavy atom. The second-order valence-electron chi connectivity index (χ2n) is 11.4. The first-order valence-electron chi connectivity index (χ1n) is 16.2. The monoisotopic (exact) mass is 715 g/mol. The molecule has 2 heterocycles. The molecule has 0 saturated carbocycles. The van der Waals surface area contributed by atoms with E-state index in [4.69, 9.17) is 44.0 Å². The van der Waals surface area contributed by atoms with Crippen molar-refractivity contribution in [3.05, 3.63) is 89.0 Å². The molecular weight excluding hydrogens is 670 g/mol. The zero-order valence-corrected chi connectivity index (χ0v) is 29.3. The minimum atomic E-state index is -0.662. The van der Waals surface area contributed by atoms with Crippen LogP contribution < -0.4 is 54.6 Å². The Morgan fingerprint density at radius 1 is 0.981 bits per heavy atom. The quantitative estimate of drug-likeness (QED) is 0.0311. The maximum Gasteiger partial charge on any atom is 0.276 e. The lowest BCUT2D eigenvalue weighted by Crippen LogP contribution is -2.28. The molecule has 52 heavy (non-hydrogen) atoms. The maximum absolute atomic E-state index is 13.4. The van der Waals surface area contributed by atoms with Crippen LogP contribution in [0.1, 0.15) is 43.8 Å². The normalized spacial score (nSPS) is 11.8. The standard InChI is InChI=1S/C34H45N13O5/c1-4-47-26(13-20(2)44-47)33(50)43-34-42-25-15-22(32(39)49)17-28(51-3)30(25)46(34)11-6-5-9-41-29-24(37)14-21(31(38)48)16-27(29)52-12-8-7-10-45(40)19-23(36)18-35/h5-8,13-17,19,41H,4,9-12,18,35-37,40H2,1-3H3,(H2,38,48)(H2,39,49)(H,42,43,50)/b6-5+,8-7+,23-19-. The molecule has 0 fully saturated rings. The van der Waals surface area contributed by atoms with Gasteiger partial charge in [0.15, 0.2) is 0 Å². The number of nitrogens with one attached hydrogen (secondary N) is 2. The highest BCUT2D eigenvalue weighted by molar-refractivity contribution is 6.04. The van der Waals surface area contributed by atoms with Crippen LogP contribution in [0.2, 0.25) is 0 Å². The lowest BCUT2D eigenvalue weighted by atomic mass is 10.1. The summed E-state index contributed by atoms with van der Waals surface area (Å²) in [7, 11) is 1.46. The summed E-state index contributed by atoms with van der Waals surface area (Å²) in [6.07, 6.45) is 8.72. The van der Waals surface area contributed by atoms with Crippen LogP contribution in [-0.2, 0) is 13.1 Å². The number of ether oxygens (including phenoxy) is 2. The molecule has 18 nitrogen and oxygen atoms in total. The number of aromatic nitrogens is 4. The van der Waals surface area contributed by atoms with Gasteiger partial charge in [0.1, 0.15) is 35.0 Å². The number of nitrogens with two attached hydrogens (primary N) is 6. The molecule has 276 valence electrons. The summed E-state index contributed by atoms with van der Waals surface area (Å²) < 4.78 is 14.9. The summed E-state index contributed by atoms with van der Waals surface area (Å²) in [5, 5.41) is 11.8. The summed E-state index contributed by atoms with van der Waals surface area (Å²) in [6.45, 7) is 5.37. The Morgan fingerprint density at radius 3 is 2.37 bits per heavy atom. The maximum atomic E-state index is 13.4. The van der Waals surface area contributed by atoms with Gasteiger partial charge in [0.25, 0.3) is 5.91 Å². The molecule has 0 radical (unpaired) electrons. The number of hydrazine groups is 1. The van der Waals surface area contributed by atoms with E-state index < -0.39 is 17.7 Å². The Balaban J connectivity index is 1.55. The zero-order chi connectivity index (χ0) is 37.9. The highest BCUT2D eigenvalue weighted by Gasteiger charge is 2.21. The number of fused-ring (bicyclic) bond motifs is 1. The molecular formula is C34H45N13O5. The summed E-state index contributed by atoms with van der Waals surface area (Å²) in [5.41, 5.74) is 32.0. The van der Waals surface area contributed by atoms with Crippen LogP contribution in [-0.4, -0.2) is 75.4 Å². The van der Waals surface area contributed by atoms with Crippen LogP contribution in [0.5, 0.6) is 11.5 Å². The van der Waals surface area contributed by atoms with Crippen molar-refractivity contribution in [2.75, 3.05) is 49.7 Å². The fourth-order valence-corrected chi connectivity index (χ4v) is 5.16. The number of hydrogen-bond donors (Lipinski definition) is 8. The molecule has 0 spiro atoms. The first-order chi connectivity index (χ1) is 24.9. The molecule has 0 aliphatic heterocycles. The topological polar surface area (TPSA) is 289 Å². The molecule has 2 aromatic heterocycles. The lowest BCUT2D eigenvalue weighted by molar-refractivity contribution is 0.0991. The lowest BCUT2D eigenvalue weighted by Gasteiger charge is -2.15. The fourth-order valence-electron chi connectivity index (χ4n) is 5.16. The molecule has 0 aliphatic rings. The Labute approximate surface area is 300 Å². The van der Waals surface area contributed by atoms with Crippen molar-refractivity contribution in [2.45, 2.75) is 26.9 Å². The number of primary amides is 2. The average Bonchev–Trinajstić information content (AvgIpc) is 3.67. The van der Waals surface area contributed by atoms with Crippen LogP contribution in [0.15, 0.2) is 66.5 Å². The predicted octanol–water partition coefficient (Wildman–Crippen LogP) is 1.14. The van der Waals surface area contributed by atoms with E-state index >= 15 is 0 Å². The summed E-state index contributed by atoms with van der Waals surface area (Å²) in [6, 6.07) is 7.71. The second-order valence-corrected chi connectivity index (χ2v) is 11.4. The van der Waals surface area contributed by atoms with E-state index in [1.54, 1.807) is 34.4 Å². The number of allylic oxidation sites excluding steroid dienone is 1. The summed E-state index contributed by atoms with van der Waals surface area (Å²) in [4.78, 5) is 42.0. The molecule has 14 N–H and O–H groups in total. The van der Waals surface area contributed by atoms with E-state index in [0.29, 0.717) is 58.4 Å². The Bertz CT molecular complexity index is 2030. The zero-order valence-electron chi connectivity index (χ0n) is 29.3. The Kier molecular flexibility index (Phi) is 12.8. The van der Waals surface area contributed by atoms with E-state index in [0.717, 1.165) is 0 Å². The van der Waals surface area contributed by atoms with Gasteiger partial charge in [-0.1, -0.05) is 18.2 Å². The number of rotatable bonds is 18. The van der Waals surface area contributed by atoms with Gasteiger partial charge in [0.2, 0.25) is 17.8 Å². The van der Waals surface area contributed by atoms with Crippen LogP contribution in [0.3, 0.4) is 0 Å². The van der Waals surface area contributed by atoms with Gasteiger partial charge in [0, 0.05) is 49.2 Å². The molecule has 4 aromatic rings. The third-order valence-electron chi connectivity index (χ3n) is 7.62. The van der Waals surface area contributed by atoms with E-state index in [9.17, 15) is 14.4 Å². The van der Waals surface area contributed by atoms with Crippen molar-refractivity contribution >= 4 is 46.1 Å². The van der Waals surface area contributed by atoms with E-state index in [1.807, 2.05) is 19.1 Å². The summed E-state index contributed by atoms with van der Waals surface area (Å²) in [5.74, 6) is 5.01. The molecule has 4 rings (SSSR count). The SMILES string of the molecule is CCn1nc(C)cc1C(=O)Nc1nc2cc(C(N)=O)cc(OC)c2n1C/C=C/CNc1c(N)cc(C(N)=O)cc1OC/C=C/CN(N)/C=C(\N)CN. The fraction of sp³-hybridized carbons (Fsp3) is 0.265. The summed E-state index contributed by atoms with van der Waals surface area (Å²) >= 11 is 0. The van der Waals surface area contributed by atoms with Gasteiger partial charge in [-0.15, -0.1) is 0 Å². The first kappa shape index (κ1) is 38.3. The van der Waals surface area contributed by atoms with Crippen molar-refractivity contribution in [3.63, 3.8) is 0 Å². The van der Waals surface area contributed by atoms with Gasteiger partial charge >= 0.3 is 0 Å². The molecule has 3 amide bonds. The highest BCUT2D eigenvalue weighted by Crippen LogP contribution is 2.33. The van der Waals surface area contributed by atoms with Crippen LogP contribution >= 0.6 is 0 Å². The van der Waals surface area contributed by atoms with Gasteiger partial charge in [-0.3, -0.25) is 24.4 Å². The molecule has 0 saturated heterocycles. The number of carbonyl (C=O) groups excluding carboxylic acids is 3. The Hall–Kier alpha value is -6.53.